The fraction of sp³-hybridized carbons (Fsp3) is 0.588. The summed E-state index contributed by atoms with van der Waals surface area (Å²) in [6.07, 6.45) is 2.10. The van der Waals surface area contributed by atoms with Crippen molar-refractivity contribution < 1.29 is 9.53 Å². The van der Waals surface area contributed by atoms with E-state index in [2.05, 4.69) is 18.7 Å². The molecule has 0 atom stereocenters. The predicted octanol–water partition coefficient (Wildman–Crippen LogP) is 2.37. The van der Waals surface area contributed by atoms with Crippen LogP contribution in [0.3, 0.4) is 0 Å². The topological polar surface area (TPSA) is 58.8 Å². The molecule has 1 saturated heterocycles. The summed E-state index contributed by atoms with van der Waals surface area (Å²) in [6, 6.07) is 5.67. The lowest BCUT2D eigenvalue weighted by Gasteiger charge is -2.30. The van der Waals surface area contributed by atoms with Gasteiger partial charge >= 0.3 is 0 Å². The standard InChI is InChI=1S/C17H27N3O2/c1-3-7-19(8-4-2)16-6-5-14(18)13-15(16)17(21)20-9-11-22-12-10-20/h5-6,13H,3-4,7-12,18H2,1-2H3. The number of nitrogen functional groups attached to an aromatic ring is 1. The number of hydrogen-bond donors (Lipinski definition) is 1. The molecule has 1 fully saturated rings. The molecule has 2 N–H and O–H groups in total. The van der Waals surface area contributed by atoms with Crippen molar-refractivity contribution in [2.24, 2.45) is 0 Å². The van der Waals surface area contributed by atoms with Gasteiger partial charge in [0.15, 0.2) is 0 Å². The van der Waals surface area contributed by atoms with Crippen LogP contribution in [0.5, 0.6) is 0 Å². The molecule has 0 saturated carbocycles. The van der Waals surface area contributed by atoms with E-state index in [1.807, 2.05) is 23.1 Å². The van der Waals surface area contributed by atoms with Crippen molar-refractivity contribution in [2.45, 2.75) is 26.7 Å². The van der Waals surface area contributed by atoms with Crippen LogP contribution < -0.4 is 10.6 Å². The molecule has 0 radical (unpaired) electrons. The summed E-state index contributed by atoms with van der Waals surface area (Å²) in [6.45, 7) is 8.71. The predicted molar refractivity (Wildman–Crippen MR) is 90.4 cm³/mol. The largest absolute Gasteiger partial charge is 0.399 e. The molecule has 0 bridgehead atoms. The van der Waals surface area contributed by atoms with Gasteiger partial charge in [-0.3, -0.25) is 4.79 Å². The van der Waals surface area contributed by atoms with Crippen LogP contribution in [0.25, 0.3) is 0 Å². The van der Waals surface area contributed by atoms with E-state index < -0.39 is 0 Å². The Hall–Kier alpha value is -1.75. The number of carbonyl (C=O) groups is 1. The van der Waals surface area contributed by atoms with Crippen LogP contribution in [0, 0.1) is 0 Å². The average Bonchev–Trinajstić information content (AvgIpc) is 2.55. The maximum absolute atomic E-state index is 12.9. The lowest BCUT2D eigenvalue weighted by Crippen LogP contribution is -2.41. The number of anilines is 2. The van der Waals surface area contributed by atoms with Crippen molar-refractivity contribution in [1.29, 1.82) is 0 Å². The Morgan fingerprint density at radius 3 is 2.45 bits per heavy atom. The first-order valence-corrected chi connectivity index (χ1v) is 8.18. The van der Waals surface area contributed by atoms with E-state index in [1.54, 1.807) is 0 Å². The Morgan fingerprint density at radius 2 is 1.86 bits per heavy atom. The Labute approximate surface area is 133 Å². The van der Waals surface area contributed by atoms with E-state index in [0.717, 1.165) is 31.6 Å². The molecule has 1 aliphatic heterocycles. The highest BCUT2D eigenvalue weighted by atomic mass is 16.5. The third kappa shape index (κ3) is 3.91. The van der Waals surface area contributed by atoms with Gasteiger partial charge in [-0.1, -0.05) is 13.8 Å². The van der Waals surface area contributed by atoms with E-state index in [1.165, 1.54) is 0 Å². The molecular weight excluding hydrogens is 278 g/mol. The second-order valence-corrected chi connectivity index (χ2v) is 5.67. The molecule has 0 unspecified atom stereocenters. The van der Waals surface area contributed by atoms with Crippen LogP contribution in [0.15, 0.2) is 18.2 Å². The van der Waals surface area contributed by atoms with Gasteiger partial charge in [0, 0.05) is 37.6 Å². The third-order valence-electron chi connectivity index (χ3n) is 3.88. The van der Waals surface area contributed by atoms with Gasteiger partial charge in [-0.15, -0.1) is 0 Å². The number of nitrogens with zero attached hydrogens (tertiary/aromatic N) is 2. The molecule has 22 heavy (non-hydrogen) atoms. The zero-order chi connectivity index (χ0) is 15.9. The van der Waals surface area contributed by atoms with Crippen LogP contribution in [0.2, 0.25) is 0 Å². The number of morpholine rings is 1. The lowest BCUT2D eigenvalue weighted by atomic mass is 10.1. The summed E-state index contributed by atoms with van der Waals surface area (Å²) >= 11 is 0. The Kier molecular flexibility index (Phi) is 6.07. The first kappa shape index (κ1) is 16.6. The Bertz CT molecular complexity index is 493. The fourth-order valence-corrected chi connectivity index (χ4v) is 2.83. The van der Waals surface area contributed by atoms with Crippen molar-refractivity contribution in [3.8, 4) is 0 Å². The fourth-order valence-electron chi connectivity index (χ4n) is 2.83. The molecule has 2 rings (SSSR count). The smallest absolute Gasteiger partial charge is 0.256 e. The molecule has 1 aliphatic rings. The van der Waals surface area contributed by atoms with E-state index >= 15 is 0 Å². The summed E-state index contributed by atoms with van der Waals surface area (Å²) in [5.41, 5.74) is 8.27. The van der Waals surface area contributed by atoms with Crippen molar-refractivity contribution in [3.05, 3.63) is 23.8 Å². The number of carbonyl (C=O) groups excluding carboxylic acids is 1. The molecule has 0 aliphatic carbocycles. The van der Waals surface area contributed by atoms with E-state index in [9.17, 15) is 4.79 Å². The summed E-state index contributed by atoms with van der Waals surface area (Å²) in [5, 5.41) is 0. The van der Waals surface area contributed by atoms with Gasteiger partial charge in [0.2, 0.25) is 0 Å². The first-order chi connectivity index (χ1) is 10.7. The quantitative estimate of drug-likeness (QED) is 0.820. The van der Waals surface area contributed by atoms with Crippen LogP contribution in [0.4, 0.5) is 11.4 Å². The third-order valence-corrected chi connectivity index (χ3v) is 3.88. The Balaban J connectivity index is 2.31. The number of nitrogens with two attached hydrogens (primary N) is 1. The SMILES string of the molecule is CCCN(CCC)c1ccc(N)cc1C(=O)N1CCOCC1. The molecule has 1 aromatic carbocycles. The van der Waals surface area contributed by atoms with E-state index in [-0.39, 0.29) is 5.91 Å². The number of benzene rings is 1. The maximum atomic E-state index is 12.9. The van der Waals surface area contributed by atoms with Gasteiger partial charge in [-0.25, -0.2) is 0 Å². The van der Waals surface area contributed by atoms with E-state index in [4.69, 9.17) is 10.5 Å². The van der Waals surface area contributed by atoms with Gasteiger partial charge in [-0.05, 0) is 31.0 Å². The molecule has 1 heterocycles. The van der Waals surface area contributed by atoms with Crippen molar-refractivity contribution in [3.63, 3.8) is 0 Å². The minimum Gasteiger partial charge on any atom is -0.399 e. The van der Waals surface area contributed by atoms with Gasteiger partial charge in [0.05, 0.1) is 18.8 Å². The molecular formula is C17H27N3O2. The van der Waals surface area contributed by atoms with E-state index in [0.29, 0.717) is 37.6 Å². The first-order valence-electron chi connectivity index (χ1n) is 8.18. The Morgan fingerprint density at radius 1 is 1.23 bits per heavy atom. The van der Waals surface area contributed by atoms with Crippen LogP contribution in [-0.4, -0.2) is 50.2 Å². The van der Waals surface area contributed by atoms with Gasteiger partial charge < -0.3 is 20.3 Å². The second kappa shape index (κ2) is 8.03. The molecule has 5 heteroatoms. The highest BCUT2D eigenvalue weighted by Crippen LogP contribution is 2.25. The normalized spacial score (nSPS) is 14.9. The second-order valence-electron chi connectivity index (χ2n) is 5.67. The number of hydrogen-bond acceptors (Lipinski definition) is 4. The van der Waals surface area contributed by atoms with Gasteiger partial charge in [0.25, 0.3) is 5.91 Å². The summed E-state index contributed by atoms with van der Waals surface area (Å²) in [4.78, 5) is 17.0. The van der Waals surface area contributed by atoms with Gasteiger partial charge in [-0.2, -0.15) is 0 Å². The number of ether oxygens (including phenoxy) is 1. The lowest BCUT2D eigenvalue weighted by molar-refractivity contribution is 0.0303. The summed E-state index contributed by atoms with van der Waals surface area (Å²) in [7, 11) is 0. The summed E-state index contributed by atoms with van der Waals surface area (Å²) < 4.78 is 5.34. The van der Waals surface area contributed by atoms with Gasteiger partial charge in [0.1, 0.15) is 0 Å². The number of amides is 1. The minimum atomic E-state index is 0.0582. The molecule has 1 amide bonds. The minimum absolute atomic E-state index is 0.0582. The molecule has 1 aromatic rings. The molecule has 5 nitrogen and oxygen atoms in total. The molecule has 0 spiro atoms. The highest BCUT2D eigenvalue weighted by molar-refractivity contribution is 6.00. The van der Waals surface area contributed by atoms with Crippen molar-refractivity contribution >= 4 is 17.3 Å². The zero-order valence-corrected chi connectivity index (χ0v) is 13.7. The van der Waals surface area contributed by atoms with Crippen molar-refractivity contribution in [2.75, 3.05) is 50.0 Å². The highest BCUT2D eigenvalue weighted by Gasteiger charge is 2.23. The maximum Gasteiger partial charge on any atom is 0.256 e. The number of rotatable bonds is 6. The zero-order valence-electron chi connectivity index (χ0n) is 13.7. The molecule has 122 valence electrons. The summed E-state index contributed by atoms with van der Waals surface area (Å²) in [5.74, 6) is 0.0582. The monoisotopic (exact) mass is 305 g/mol. The van der Waals surface area contributed by atoms with Crippen LogP contribution >= 0.6 is 0 Å². The van der Waals surface area contributed by atoms with Crippen LogP contribution in [0.1, 0.15) is 37.0 Å². The van der Waals surface area contributed by atoms with Crippen molar-refractivity contribution in [1.82, 2.24) is 4.90 Å². The average molecular weight is 305 g/mol. The van der Waals surface area contributed by atoms with Crippen LogP contribution in [-0.2, 0) is 4.74 Å². The molecule has 0 aromatic heterocycles.